The molecule has 2 nitrogen and oxygen atoms in total. The summed E-state index contributed by atoms with van der Waals surface area (Å²) in [6, 6.07) is 4.92. The molecule has 6 heteroatoms. The van der Waals surface area contributed by atoms with Crippen LogP contribution in [0.25, 0.3) is 0 Å². The van der Waals surface area contributed by atoms with Crippen molar-refractivity contribution in [1.82, 2.24) is 0 Å². The van der Waals surface area contributed by atoms with Crippen LogP contribution in [0.4, 0.5) is 17.6 Å². The lowest BCUT2D eigenvalue weighted by molar-refractivity contribution is -0.235. The summed E-state index contributed by atoms with van der Waals surface area (Å²) in [7, 11) is 0. The van der Waals surface area contributed by atoms with Crippen molar-refractivity contribution in [3.05, 3.63) is 35.6 Å². The number of hydrogen-bond donors (Lipinski definition) is 1. The lowest BCUT2D eigenvalue weighted by atomic mass is 9.95. The summed E-state index contributed by atoms with van der Waals surface area (Å²) in [5.41, 5.74) is -3.41. The number of hydrogen-bond acceptors (Lipinski definition) is 2. The molecule has 0 fully saturated rings. The summed E-state index contributed by atoms with van der Waals surface area (Å²) in [5.74, 6) is -0.601. The van der Waals surface area contributed by atoms with Crippen LogP contribution in [0.2, 0.25) is 0 Å². The molecular weight excluding hydrogens is 226 g/mol. The Hall–Kier alpha value is -1.61. The van der Waals surface area contributed by atoms with Gasteiger partial charge in [-0.3, -0.25) is 0 Å². The van der Waals surface area contributed by atoms with Crippen LogP contribution in [0.3, 0.4) is 0 Å². The van der Waals surface area contributed by atoms with Crippen molar-refractivity contribution in [1.29, 1.82) is 5.26 Å². The van der Waals surface area contributed by atoms with Gasteiger partial charge in [-0.1, -0.05) is 12.1 Å². The maximum absolute atomic E-state index is 12.5. The molecule has 0 saturated heterocycles. The highest BCUT2D eigenvalue weighted by Gasteiger charge is 2.54. The maximum atomic E-state index is 12.5. The molecule has 1 unspecified atom stereocenters. The number of aliphatic hydroxyl groups is 1. The molecule has 1 aromatic carbocycles. The summed E-state index contributed by atoms with van der Waals surface area (Å²) in [4.78, 5) is 0. The predicted octanol–water partition coefficient (Wildman–Crippen LogP) is 2.19. The van der Waals surface area contributed by atoms with E-state index in [4.69, 9.17) is 10.4 Å². The topological polar surface area (TPSA) is 44.0 Å². The van der Waals surface area contributed by atoms with Crippen LogP contribution in [-0.4, -0.2) is 16.9 Å². The second kappa shape index (κ2) is 4.10. The van der Waals surface area contributed by atoms with Crippen molar-refractivity contribution in [3.8, 4) is 6.07 Å². The molecule has 0 aliphatic heterocycles. The fourth-order valence-corrected chi connectivity index (χ4v) is 1.10. The van der Waals surface area contributed by atoms with E-state index in [1.807, 2.05) is 0 Å². The Balaban J connectivity index is 2.95. The Morgan fingerprint density at radius 2 is 1.69 bits per heavy atom. The molecular formula is C10H7F4NO. The lowest BCUT2D eigenvalue weighted by Gasteiger charge is -2.23. The first-order valence-electron chi connectivity index (χ1n) is 4.23. The zero-order chi connectivity index (χ0) is 12.4. The smallest absolute Gasteiger partial charge is 0.368 e. The number of nitriles is 1. The molecule has 0 spiro atoms. The second-order valence-corrected chi connectivity index (χ2v) is 3.27. The van der Waals surface area contributed by atoms with Crippen molar-refractivity contribution in [3.63, 3.8) is 0 Å². The number of benzene rings is 1. The third-order valence-corrected chi connectivity index (χ3v) is 2.03. The largest absolute Gasteiger partial charge is 0.431 e. The predicted molar refractivity (Wildman–Crippen MR) is 46.7 cm³/mol. The summed E-state index contributed by atoms with van der Waals surface area (Å²) in [5, 5.41) is 17.4. The molecule has 1 rings (SSSR count). The van der Waals surface area contributed by atoms with Gasteiger partial charge in [0.15, 0.2) is 0 Å². The van der Waals surface area contributed by atoms with Crippen LogP contribution in [0.1, 0.15) is 5.56 Å². The number of rotatable bonds is 2. The minimum absolute atomic E-state index is 0.0303. The van der Waals surface area contributed by atoms with Crippen molar-refractivity contribution in [2.24, 2.45) is 0 Å². The molecule has 0 radical (unpaired) electrons. The van der Waals surface area contributed by atoms with Crippen LogP contribution in [0.5, 0.6) is 0 Å². The van der Waals surface area contributed by atoms with Gasteiger partial charge in [0, 0.05) is 6.42 Å². The first-order valence-corrected chi connectivity index (χ1v) is 4.23. The molecule has 0 saturated carbocycles. The van der Waals surface area contributed by atoms with Crippen LogP contribution in [-0.2, 0) is 6.42 Å². The van der Waals surface area contributed by atoms with E-state index in [-0.39, 0.29) is 5.56 Å². The first-order chi connectivity index (χ1) is 7.28. The zero-order valence-electron chi connectivity index (χ0n) is 7.92. The third kappa shape index (κ3) is 2.49. The fourth-order valence-electron chi connectivity index (χ4n) is 1.10. The molecule has 0 aromatic heterocycles. The molecule has 16 heavy (non-hydrogen) atoms. The molecule has 1 N–H and O–H groups in total. The first kappa shape index (κ1) is 12.5. The average molecular weight is 233 g/mol. The highest BCUT2D eigenvalue weighted by molar-refractivity contribution is 5.22. The molecule has 0 aliphatic carbocycles. The standard InChI is InChI=1S/C10H7F4NO/c11-8-3-1-7(2-4-8)5-9(16,6-15)10(12,13)14/h1-4,16H,5H2. The van der Waals surface area contributed by atoms with Gasteiger partial charge < -0.3 is 5.11 Å². The van der Waals surface area contributed by atoms with Gasteiger partial charge in [0.25, 0.3) is 5.60 Å². The van der Waals surface area contributed by atoms with Crippen molar-refractivity contribution >= 4 is 0 Å². The summed E-state index contributed by atoms with van der Waals surface area (Å²) >= 11 is 0. The fraction of sp³-hybridized carbons (Fsp3) is 0.300. The van der Waals surface area contributed by atoms with Gasteiger partial charge in [0.2, 0.25) is 0 Å². The van der Waals surface area contributed by atoms with Gasteiger partial charge in [0.1, 0.15) is 11.9 Å². The Labute approximate surface area is 88.7 Å². The Bertz CT molecular complexity index is 406. The van der Waals surface area contributed by atoms with Gasteiger partial charge in [-0.2, -0.15) is 18.4 Å². The Kier molecular flexibility index (Phi) is 3.19. The SMILES string of the molecule is N#CC(O)(Cc1ccc(F)cc1)C(F)(F)F. The molecule has 86 valence electrons. The van der Waals surface area contributed by atoms with E-state index in [1.165, 1.54) is 0 Å². The van der Waals surface area contributed by atoms with Crippen LogP contribution >= 0.6 is 0 Å². The Morgan fingerprint density at radius 3 is 2.06 bits per heavy atom. The summed E-state index contributed by atoms with van der Waals surface area (Å²) < 4.78 is 49.5. The van der Waals surface area contributed by atoms with Crippen molar-refractivity contribution in [2.75, 3.05) is 0 Å². The highest BCUT2D eigenvalue weighted by atomic mass is 19.4. The van der Waals surface area contributed by atoms with Crippen molar-refractivity contribution in [2.45, 2.75) is 18.2 Å². The molecule has 0 bridgehead atoms. The van der Waals surface area contributed by atoms with Crippen molar-refractivity contribution < 1.29 is 22.7 Å². The van der Waals surface area contributed by atoms with Gasteiger partial charge in [0.05, 0.1) is 0 Å². The zero-order valence-corrected chi connectivity index (χ0v) is 7.92. The monoisotopic (exact) mass is 233 g/mol. The molecule has 0 amide bonds. The van der Waals surface area contributed by atoms with Crippen LogP contribution in [0.15, 0.2) is 24.3 Å². The summed E-state index contributed by atoms with van der Waals surface area (Å²) in [6.45, 7) is 0. The van der Waals surface area contributed by atoms with E-state index < -0.39 is 24.0 Å². The van der Waals surface area contributed by atoms with E-state index >= 15 is 0 Å². The van der Waals surface area contributed by atoms with E-state index in [1.54, 1.807) is 0 Å². The maximum Gasteiger partial charge on any atom is 0.431 e. The number of nitrogens with zero attached hydrogens (tertiary/aromatic N) is 1. The van der Waals surface area contributed by atoms with Gasteiger partial charge >= 0.3 is 6.18 Å². The number of halogens is 4. The third-order valence-electron chi connectivity index (χ3n) is 2.03. The second-order valence-electron chi connectivity index (χ2n) is 3.27. The van der Waals surface area contributed by atoms with E-state index in [2.05, 4.69) is 0 Å². The normalized spacial score (nSPS) is 15.2. The van der Waals surface area contributed by atoms with E-state index in [0.717, 1.165) is 30.3 Å². The molecule has 1 atom stereocenters. The van der Waals surface area contributed by atoms with Gasteiger partial charge in [-0.25, -0.2) is 4.39 Å². The van der Waals surface area contributed by atoms with E-state index in [9.17, 15) is 17.6 Å². The van der Waals surface area contributed by atoms with Crippen LogP contribution in [0, 0.1) is 17.1 Å². The van der Waals surface area contributed by atoms with Crippen LogP contribution < -0.4 is 0 Å². The molecule has 1 aromatic rings. The minimum atomic E-state index is -5.05. The molecule has 0 heterocycles. The van der Waals surface area contributed by atoms with E-state index in [0.29, 0.717) is 0 Å². The highest BCUT2D eigenvalue weighted by Crippen LogP contribution is 2.32. The summed E-state index contributed by atoms with van der Waals surface area (Å²) in [6.07, 6.45) is -5.97. The van der Waals surface area contributed by atoms with Gasteiger partial charge in [-0.05, 0) is 17.7 Å². The quantitative estimate of drug-likeness (QED) is 0.628. The van der Waals surface area contributed by atoms with Gasteiger partial charge in [-0.15, -0.1) is 0 Å². The Morgan fingerprint density at radius 1 is 1.19 bits per heavy atom. The molecule has 0 aliphatic rings. The minimum Gasteiger partial charge on any atom is -0.368 e. The number of alkyl halides is 3. The average Bonchev–Trinajstić information content (AvgIpc) is 2.19. The lowest BCUT2D eigenvalue weighted by Crippen LogP contribution is -2.45.